The number of benzene rings is 2. The van der Waals surface area contributed by atoms with Crippen LogP contribution in [0.15, 0.2) is 65.7 Å². The monoisotopic (exact) mass is 363 g/mol. The van der Waals surface area contributed by atoms with Crippen LogP contribution in [0.25, 0.3) is 0 Å². The minimum absolute atomic E-state index is 0.0572. The Kier molecular flexibility index (Phi) is 4.62. The fraction of sp³-hybridized carbons (Fsp3) is 0.286. The molecule has 0 aromatic heterocycles. The van der Waals surface area contributed by atoms with Crippen molar-refractivity contribution in [1.82, 2.24) is 4.90 Å². The highest BCUT2D eigenvalue weighted by atomic mass is 16.6. The Morgan fingerprint density at radius 1 is 1.04 bits per heavy atom. The summed E-state index contributed by atoms with van der Waals surface area (Å²) in [5.41, 5.74) is 4.02. The van der Waals surface area contributed by atoms with Gasteiger partial charge in [0, 0.05) is 29.9 Å². The lowest BCUT2D eigenvalue weighted by Crippen LogP contribution is -2.40. The summed E-state index contributed by atoms with van der Waals surface area (Å²) in [5, 5.41) is 14.3. The zero-order valence-corrected chi connectivity index (χ0v) is 14.9. The van der Waals surface area contributed by atoms with E-state index in [0.29, 0.717) is 6.54 Å². The van der Waals surface area contributed by atoms with Gasteiger partial charge in [-0.2, -0.15) is 0 Å². The maximum absolute atomic E-state index is 13.0. The molecule has 1 aliphatic carbocycles. The Balaban J connectivity index is 1.61. The van der Waals surface area contributed by atoms with Crippen LogP contribution in [0.1, 0.15) is 31.2 Å². The molecule has 0 spiro atoms. The van der Waals surface area contributed by atoms with E-state index in [9.17, 15) is 14.9 Å². The molecule has 0 saturated carbocycles. The van der Waals surface area contributed by atoms with Gasteiger partial charge in [-0.15, -0.1) is 0 Å². The second-order valence-electron chi connectivity index (χ2n) is 6.98. The van der Waals surface area contributed by atoms with Crippen LogP contribution in [-0.2, 0) is 11.3 Å². The van der Waals surface area contributed by atoms with E-state index < -0.39 is 4.92 Å². The van der Waals surface area contributed by atoms with Gasteiger partial charge in [-0.1, -0.05) is 30.3 Å². The summed E-state index contributed by atoms with van der Waals surface area (Å²) in [4.78, 5) is 25.4. The quantitative estimate of drug-likeness (QED) is 0.637. The van der Waals surface area contributed by atoms with E-state index in [-0.39, 0.29) is 17.8 Å². The summed E-state index contributed by atoms with van der Waals surface area (Å²) in [6, 6.07) is 16.3. The minimum atomic E-state index is -0.410. The van der Waals surface area contributed by atoms with Crippen molar-refractivity contribution in [1.29, 1.82) is 0 Å². The van der Waals surface area contributed by atoms with Gasteiger partial charge in [0.2, 0.25) is 0 Å². The smallest absolute Gasteiger partial charge is 0.269 e. The van der Waals surface area contributed by atoms with Gasteiger partial charge in [-0.05, 0) is 49.0 Å². The molecule has 0 radical (unpaired) electrons. The second kappa shape index (κ2) is 7.23. The van der Waals surface area contributed by atoms with Crippen molar-refractivity contribution in [2.24, 2.45) is 0 Å². The van der Waals surface area contributed by atoms with E-state index in [4.69, 9.17) is 0 Å². The molecule has 0 saturated heterocycles. The standard InChI is InChI=1S/C21H21N3O3/c25-21-19-9-5-4-8-18(19)20(23(21)14-15-6-2-1-3-7-15)22-16-10-12-17(13-11-16)24(26)27/h1-3,6-7,10-13,20,22H,4-5,8-9,14H2/t20-/m0/s1. The Morgan fingerprint density at radius 2 is 1.74 bits per heavy atom. The molecule has 1 aliphatic heterocycles. The molecule has 0 fully saturated rings. The zero-order valence-electron chi connectivity index (χ0n) is 14.9. The summed E-state index contributed by atoms with van der Waals surface area (Å²) in [6.45, 7) is 0.539. The number of anilines is 1. The van der Waals surface area contributed by atoms with Gasteiger partial charge in [0.15, 0.2) is 0 Å². The molecule has 138 valence electrons. The maximum atomic E-state index is 13.0. The first-order valence-corrected chi connectivity index (χ1v) is 9.21. The third-order valence-electron chi connectivity index (χ3n) is 5.25. The van der Waals surface area contributed by atoms with E-state index in [2.05, 4.69) is 5.32 Å². The molecule has 1 atom stereocenters. The van der Waals surface area contributed by atoms with Crippen LogP contribution in [0.3, 0.4) is 0 Å². The van der Waals surface area contributed by atoms with Crippen LogP contribution in [0, 0.1) is 10.1 Å². The van der Waals surface area contributed by atoms with E-state index in [0.717, 1.165) is 42.5 Å². The SMILES string of the molecule is O=C1C2=C(CCCC2)[C@@H](Nc2ccc([N+](=O)[O-])cc2)N1Cc1ccccc1. The summed E-state index contributed by atoms with van der Waals surface area (Å²) in [7, 11) is 0. The molecule has 2 aromatic rings. The number of carbonyl (C=O) groups excluding carboxylic acids is 1. The Bertz CT molecular complexity index is 891. The molecule has 2 aliphatic rings. The number of non-ortho nitro benzene ring substituents is 1. The average Bonchev–Trinajstić information content (AvgIpc) is 2.95. The van der Waals surface area contributed by atoms with E-state index in [1.165, 1.54) is 17.7 Å². The van der Waals surface area contributed by atoms with Crippen molar-refractivity contribution in [3.8, 4) is 0 Å². The summed E-state index contributed by atoms with van der Waals surface area (Å²) < 4.78 is 0. The van der Waals surface area contributed by atoms with Gasteiger partial charge in [-0.3, -0.25) is 14.9 Å². The van der Waals surface area contributed by atoms with E-state index in [1.54, 1.807) is 12.1 Å². The molecule has 27 heavy (non-hydrogen) atoms. The van der Waals surface area contributed by atoms with E-state index in [1.807, 2.05) is 35.2 Å². The summed E-state index contributed by atoms with van der Waals surface area (Å²) >= 11 is 0. The minimum Gasteiger partial charge on any atom is -0.362 e. The zero-order chi connectivity index (χ0) is 18.8. The number of nitrogens with one attached hydrogen (secondary N) is 1. The molecule has 0 unspecified atom stereocenters. The van der Waals surface area contributed by atoms with Crippen LogP contribution in [0.5, 0.6) is 0 Å². The first kappa shape index (κ1) is 17.3. The molecule has 6 heteroatoms. The van der Waals surface area contributed by atoms with Gasteiger partial charge in [0.1, 0.15) is 6.17 Å². The molecular formula is C21H21N3O3. The van der Waals surface area contributed by atoms with Gasteiger partial charge >= 0.3 is 0 Å². The van der Waals surface area contributed by atoms with Crippen LogP contribution in [0.2, 0.25) is 0 Å². The lowest BCUT2D eigenvalue weighted by molar-refractivity contribution is -0.384. The molecule has 1 heterocycles. The highest BCUT2D eigenvalue weighted by Crippen LogP contribution is 2.37. The number of hydrogen-bond acceptors (Lipinski definition) is 4. The predicted octanol–water partition coefficient (Wildman–Crippen LogP) is 4.25. The number of nitrogens with zero attached hydrogens (tertiary/aromatic N) is 2. The van der Waals surface area contributed by atoms with Crippen LogP contribution >= 0.6 is 0 Å². The fourth-order valence-corrected chi connectivity index (χ4v) is 3.90. The van der Waals surface area contributed by atoms with Crippen LogP contribution < -0.4 is 5.32 Å². The Labute approximate surface area is 157 Å². The number of nitro benzene ring substituents is 1. The molecule has 6 nitrogen and oxygen atoms in total. The van der Waals surface area contributed by atoms with Gasteiger partial charge in [0.05, 0.1) is 4.92 Å². The lowest BCUT2D eigenvalue weighted by Gasteiger charge is -2.29. The number of carbonyl (C=O) groups is 1. The number of nitro groups is 1. The van der Waals surface area contributed by atoms with Crippen molar-refractivity contribution in [2.45, 2.75) is 38.4 Å². The number of rotatable bonds is 5. The predicted molar refractivity (Wildman–Crippen MR) is 103 cm³/mol. The molecular weight excluding hydrogens is 342 g/mol. The van der Waals surface area contributed by atoms with Crippen molar-refractivity contribution >= 4 is 17.3 Å². The molecule has 1 N–H and O–H groups in total. The second-order valence-corrected chi connectivity index (χ2v) is 6.98. The lowest BCUT2D eigenvalue weighted by atomic mass is 9.92. The molecule has 1 amide bonds. The Hall–Kier alpha value is -3.15. The Morgan fingerprint density at radius 3 is 2.44 bits per heavy atom. The van der Waals surface area contributed by atoms with Crippen molar-refractivity contribution in [3.63, 3.8) is 0 Å². The van der Waals surface area contributed by atoms with Gasteiger partial charge in [0.25, 0.3) is 11.6 Å². The fourth-order valence-electron chi connectivity index (χ4n) is 3.90. The molecule has 0 bridgehead atoms. The van der Waals surface area contributed by atoms with Crippen LogP contribution in [0.4, 0.5) is 11.4 Å². The number of amides is 1. The number of hydrogen-bond donors (Lipinski definition) is 1. The summed E-state index contributed by atoms with van der Waals surface area (Å²) in [5.74, 6) is 0.105. The first-order chi connectivity index (χ1) is 13.1. The van der Waals surface area contributed by atoms with Crippen molar-refractivity contribution < 1.29 is 9.72 Å². The maximum Gasteiger partial charge on any atom is 0.269 e. The highest BCUT2D eigenvalue weighted by Gasteiger charge is 2.39. The topological polar surface area (TPSA) is 75.5 Å². The largest absolute Gasteiger partial charge is 0.362 e. The molecule has 2 aromatic carbocycles. The first-order valence-electron chi connectivity index (χ1n) is 9.21. The summed E-state index contributed by atoms with van der Waals surface area (Å²) in [6.07, 6.45) is 3.68. The van der Waals surface area contributed by atoms with Gasteiger partial charge < -0.3 is 10.2 Å². The molecule has 4 rings (SSSR count). The van der Waals surface area contributed by atoms with Crippen molar-refractivity contribution in [2.75, 3.05) is 5.32 Å². The highest BCUT2D eigenvalue weighted by molar-refractivity contribution is 5.98. The normalized spacial score (nSPS) is 19.2. The van der Waals surface area contributed by atoms with Gasteiger partial charge in [-0.25, -0.2) is 0 Å². The average molecular weight is 363 g/mol. The third kappa shape index (κ3) is 3.43. The van der Waals surface area contributed by atoms with E-state index >= 15 is 0 Å². The van der Waals surface area contributed by atoms with Crippen LogP contribution in [-0.4, -0.2) is 21.9 Å². The van der Waals surface area contributed by atoms with Crippen molar-refractivity contribution in [3.05, 3.63) is 81.4 Å². The third-order valence-corrected chi connectivity index (χ3v) is 5.25.